The molecule has 11 heteroatoms. The highest BCUT2D eigenvalue weighted by atomic mass is 35.5. The molecular formula is C24H30ClN3O7. The Morgan fingerprint density at radius 2 is 2.03 bits per heavy atom. The highest BCUT2D eigenvalue weighted by Gasteiger charge is 2.40. The van der Waals surface area contributed by atoms with Gasteiger partial charge in [-0.25, -0.2) is 0 Å². The number of carbonyl (C=O) groups is 4. The molecule has 3 fully saturated rings. The lowest BCUT2D eigenvalue weighted by Gasteiger charge is -2.26. The first kappa shape index (κ1) is 25.2. The average Bonchev–Trinajstić information content (AvgIpc) is 3.41. The van der Waals surface area contributed by atoms with E-state index in [4.69, 9.17) is 25.8 Å². The van der Waals surface area contributed by atoms with Crippen LogP contribution in [0.2, 0.25) is 5.02 Å². The second-order valence-corrected chi connectivity index (χ2v) is 9.31. The maximum absolute atomic E-state index is 12.9. The summed E-state index contributed by atoms with van der Waals surface area (Å²) in [6, 6.07) is 3.65. The first-order valence-corrected chi connectivity index (χ1v) is 12.4. The van der Waals surface area contributed by atoms with Crippen LogP contribution in [-0.2, 0) is 23.9 Å². The number of rotatable bonds is 10. The molecule has 35 heavy (non-hydrogen) atoms. The Kier molecular flexibility index (Phi) is 8.12. The molecule has 4 rings (SSSR count). The zero-order valence-electron chi connectivity index (χ0n) is 19.6. The van der Waals surface area contributed by atoms with E-state index in [9.17, 15) is 19.2 Å². The summed E-state index contributed by atoms with van der Waals surface area (Å²) >= 11 is 6.36. The van der Waals surface area contributed by atoms with Crippen molar-refractivity contribution in [1.29, 1.82) is 0 Å². The fourth-order valence-electron chi connectivity index (χ4n) is 4.23. The number of hydrogen-bond donors (Lipinski definition) is 2. The van der Waals surface area contributed by atoms with E-state index in [0.717, 1.165) is 12.8 Å². The minimum Gasteiger partial charge on any atom is -0.492 e. The average molecular weight is 508 g/mol. The molecule has 1 aromatic carbocycles. The minimum absolute atomic E-state index is 0.0112. The van der Waals surface area contributed by atoms with Crippen LogP contribution in [0.3, 0.4) is 0 Å². The summed E-state index contributed by atoms with van der Waals surface area (Å²) in [5.41, 5.74) is 0.219. The molecule has 1 saturated carbocycles. The van der Waals surface area contributed by atoms with Gasteiger partial charge in [-0.3, -0.25) is 19.2 Å². The third-order valence-electron chi connectivity index (χ3n) is 6.28. The molecule has 0 aromatic heterocycles. The maximum Gasteiger partial charge on any atom is 0.310 e. The lowest BCUT2D eigenvalue weighted by Crippen LogP contribution is -2.52. The van der Waals surface area contributed by atoms with E-state index >= 15 is 0 Å². The van der Waals surface area contributed by atoms with Crippen molar-refractivity contribution in [2.75, 3.05) is 26.3 Å². The number of benzene rings is 1. The molecule has 0 spiro atoms. The molecule has 3 aliphatic rings. The Morgan fingerprint density at radius 1 is 1.23 bits per heavy atom. The SMILES string of the molecule is CCO[C@@H]1OC(=O)C[C@@H]1NC(=O)[C@@H]1CCCN1C(=O)CNC(=O)c1cccc(OCC2CC2)c1Cl. The summed E-state index contributed by atoms with van der Waals surface area (Å²) in [7, 11) is 0. The van der Waals surface area contributed by atoms with Gasteiger partial charge in [0.2, 0.25) is 18.1 Å². The number of ether oxygens (including phenoxy) is 3. The van der Waals surface area contributed by atoms with Crippen molar-refractivity contribution in [3.8, 4) is 5.75 Å². The van der Waals surface area contributed by atoms with E-state index in [0.29, 0.717) is 44.3 Å². The molecule has 190 valence electrons. The van der Waals surface area contributed by atoms with Crippen LogP contribution in [0, 0.1) is 5.92 Å². The molecule has 0 radical (unpaired) electrons. The topological polar surface area (TPSA) is 123 Å². The monoisotopic (exact) mass is 507 g/mol. The molecule has 10 nitrogen and oxygen atoms in total. The summed E-state index contributed by atoms with van der Waals surface area (Å²) in [5, 5.41) is 5.58. The highest BCUT2D eigenvalue weighted by Crippen LogP contribution is 2.33. The van der Waals surface area contributed by atoms with Crippen molar-refractivity contribution in [1.82, 2.24) is 15.5 Å². The van der Waals surface area contributed by atoms with Crippen molar-refractivity contribution in [3.63, 3.8) is 0 Å². The van der Waals surface area contributed by atoms with Crippen molar-refractivity contribution >= 4 is 35.3 Å². The van der Waals surface area contributed by atoms with Gasteiger partial charge >= 0.3 is 5.97 Å². The number of halogens is 1. The molecule has 0 bridgehead atoms. The number of carbonyl (C=O) groups excluding carboxylic acids is 4. The number of nitrogens with one attached hydrogen (secondary N) is 2. The van der Waals surface area contributed by atoms with Crippen molar-refractivity contribution in [2.24, 2.45) is 5.92 Å². The Balaban J connectivity index is 1.31. The number of nitrogens with zero attached hydrogens (tertiary/aromatic N) is 1. The van der Waals surface area contributed by atoms with Crippen LogP contribution in [0.25, 0.3) is 0 Å². The second-order valence-electron chi connectivity index (χ2n) is 8.93. The zero-order valence-corrected chi connectivity index (χ0v) is 20.3. The summed E-state index contributed by atoms with van der Waals surface area (Å²) in [5.74, 6) is -0.725. The number of hydrogen-bond acceptors (Lipinski definition) is 7. The molecule has 2 heterocycles. The van der Waals surface area contributed by atoms with Crippen LogP contribution in [0.1, 0.15) is 49.4 Å². The van der Waals surface area contributed by atoms with Crippen LogP contribution in [0.5, 0.6) is 5.75 Å². The minimum atomic E-state index is -0.838. The number of likely N-dealkylation sites (tertiary alicyclic amines) is 1. The molecule has 2 saturated heterocycles. The Bertz CT molecular complexity index is 984. The van der Waals surface area contributed by atoms with E-state index in [-0.39, 0.29) is 35.4 Å². The standard InChI is InChI=1S/C24H30ClN3O7/c1-2-33-24-16(11-20(30)35-24)27-23(32)17-6-4-10-28(17)19(29)12-26-22(31)15-5-3-7-18(21(15)25)34-13-14-8-9-14/h3,5,7,14,16-17,24H,2,4,6,8-13H2,1H3,(H,26,31)(H,27,32)/t16-,17-,24+/m0/s1. The van der Waals surface area contributed by atoms with Crippen LogP contribution < -0.4 is 15.4 Å². The summed E-state index contributed by atoms with van der Waals surface area (Å²) in [6.45, 7) is 2.78. The fourth-order valence-corrected chi connectivity index (χ4v) is 4.49. The molecule has 1 aromatic rings. The smallest absolute Gasteiger partial charge is 0.310 e. The highest BCUT2D eigenvalue weighted by molar-refractivity contribution is 6.35. The molecule has 2 aliphatic heterocycles. The van der Waals surface area contributed by atoms with E-state index in [2.05, 4.69) is 10.6 Å². The molecule has 3 atom stereocenters. The van der Waals surface area contributed by atoms with Gasteiger partial charge in [0, 0.05) is 13.2 Å². The number of esters is 1. The van der Waals surface area contributed by atoms with Gasteiger partial charge in [-0.05, 0) is 50.7 Å². The second kappa shape index (κ2) is 11.3. The summed E-state index contributed by atoms with van der Waals surface area (Å²) < 4.78 is 16.2. The van der Waals surface area contributed by atoms with E-state index in [1.54, 1.807) is 25.1 Å². The summed E-state index contributed by atoms with van der Waals surface area (Å²) in [4.78, 5) is 51.5. The quantitative estimate of drug-likeness (QED) is 0.461. The van der Waals surface area contributed by atoms with Crippen LogP contribution in [-0.4, -0.2) is 73.3 Å². The Labute approximate surface area is 208 Å². The Hall–Kier alpha value is -2.85. The predicted octanol–water partition coefficient (Wildman–Crippen LogP) is 1.64. The van der Waals surface area contributed by atoms with Crippen molar-refractivity contribution < 1.29 is 33.4 Å². The predicted molar refractivity (Wildman–Crippen MR) is 125 cm³/mol. The molecule has 0 unspecified atom stereocenters. The van der Waals surface area contributed by atoms with Gasteiger partial charge in [-0.15, -0.1) is 0 Å². The molecular weight excluding hydrogens is 478 g/mol. The van der Waals surface area contributed by atoms with Gasteiger partial charge in [0.1, 0.15) is 17.8 Å². The van der Waals surface area contributed by atoms with Gasteiger partial charge in [-0.2, -0.15) is 0 Å². The van der Waals surface area contributed by atoms with Crippen LogP contribution in [0.15, 0.2) is 18.2 Å². The van der Waals surface area contributed by atoms with Crippen LogP contribution >= 0.6 is 11.6 Å². The van der Waals surface area contributed by atoms with Crippen LogP contribution in [0.4, 0.5) is 0 Å². The lowest BCUT2D eigenvalue weighted by molar-refractivity contribution is -0.164. The van der Waals surface area contributed by atoms with Gasteiger partial charge in [0.25, 0.3) is 5.91 Å². The summed E-state index contributed by atoms with van der Waals surface area (Å²) in [6.07, 6.45) is 2.58. The first-order valence-electron chi connectivity index (χ1n) is 12.0. The third-order valence-corrected chi connectivity index (χ3v) is 6.67. The van der Waals surface area contributed by atoms with Crippen molar-refractivity contribution in [3.05, 3.63) is 28.8 Å². The van der Waals surface area contributed by atoms with Gasteiger partial charge in [0.05, 0.1) is 30.2 Å². The largest absolute Gasteiger partial charge is 0.492 e. The lowest BCUT2D eigenvalue weighted by atomic mass is 10.1. The van der Waals surface area contributed by atoms with Gasteiger partial charge < -0.3 is 29.7 Å². The Morgan fingerprint density at radius 3 is 2.77 bits per heavy atom. The first-order chi connectivity index (χ1) is 16.9. The number of amides is 3. The van der Waals surface area contributed by atoms with E-state index in [1.807, 2.05) is 0 Å². The maximum atomic E-state index is 12.9. The molecule has 3 amide bonds. The van der Waals surface area contributed by atoms with Crippen molar-refractivity contribution in [2.45, 2.75) is 57.4 Å². The fraction of sp³-hybridized carbons (Fsp3) is 0.583. The normalized spacial score (nSPS) is 23.7. The third kappa shape index (κ3) is 6.24. The van der Waals surface area contributed by atoms with Gasteiger partial charge in [-0.1, -0.05) is 17.7 Å². The molecule has 1 aliphatic carbocycles. The number of cyclic esters (lactones) is 1. The zero-order chi connectivity index (χ0) is 24.9. The van der Waals surface area contributed by atoms with E-state index in [1.165, 1.54) is 4.90 Å². The van der Waals surface area contributed by atoms with Gasteiger partial charge in [0.15, 0.2) is 0 Å². The molecule has 2 N–H and O–H groups in total. The van der Waals surface area contributed by atoms with E-state index < -0.39 is 30.3 Å².